The van der Waals surface area contributed by atoms with Gasteiger partial charge in [-0.15, -0.1) is 0 Å². The third-order valence-corrected chi connectivity index (χ3v) is 1.52. The quantitative estimate of drug-likeness (QED) is 0.210. The molecule has 7 N–H and O–H groups in total. The molecule has 0 saturated heterocycles. The van der Waals surface area contributed by atoms with Gasteiger partial charge in [0.15, 0.2) is 0 Å². The van der Waals surface area contributed by atoms with Crippen LogP contribution < -0.4 is 0 Å². The van der Waals surface area contributed by atoms with Crippen molar-refractivity contribution in [3.8, 4) is 0 Å². The van der Waals surface area contributed by atoms with Crippen molar-refractivity contribution in [2.45, 2.75) is 25.3 Å². The molecule has 0 unspecified atom stereocenters. The summed E-state index contributed by atoms with van der Waals surface area (Å²) in [6, 6.07) is 0. The van der Waals surface area contributed by atoms with Crippen LogP contribution in [0.3, 0.4) is 0 Å². The molecule has 0 aromatic rings. The summed E-state index contributed by atoms with van der Waals surface area (Å²) in [4.78, 5) is 9.25. The van der Waals surface area contributed by atoms with Crippen molar-refractivity contribution in [3.63, 3.8) is 0 Å². The largest absolute Gasteiger partial charge is 0.478 e. The van der Waals surface area contributed by atoms with E-state index in [1.165, 1.54) is 6.92 Å². The molecule has 0 spiro atoms. The van der Waals surface area contributed by atoms with Crippen LogP contribution in [-0.4, -0.2) is 53.7 Å². The number of carboxylic acids is 1. The summed E-state index contributed by atoms with van der Waals surface area (Å²) in [6.07, 6.45) is 0.618. The van der Waals surface area contributed by atoms with Gasteiger partial charge in [0, 0.05) is 6.08 Å². The Bertz CT molecular complexity index is 209. The molecule has 8 heteroatoms. The third-order valence-electron chi connectivity index (χ3n) is 1.52. The highest BCUT2D eigenvalue weighted by molar-refractivity contribution is 5.78. The van der Waals surface area contributed by atoms with Crippen molar-refractivity contribution in [3.05, 3.63) is 12.7 Å². The summed E-state index contributed by atoms with van der Waals surface area (Å²) in [5.41, 5.74) is 0. The molecule has 0 aromatic carbocycles. The number of rotatable bonds is 4. The Morgan fingerprint density at radius 1 is 1.19 bits per heavy atom. The summed E-state index contributed by atoms with van der Waals surface area (Å²) in [6.45, 7) is 4.29. The normalized spacial score (nSPS) is 11.8. The molecule has 0 rings (SSSR count). The zero-order valence-corrected chi connectivity index (χ0v) is 8.61. The minimum Gasteiger partial charge on any atom is -0.478 e. The van der Waals surface area contributed by atoms with Crippen molar-refractivity contribution in [2.24, 2.45) is 5.92 Å². The van der Waals surface area contributed by atoms with Crippen LogP contribution in [0.5, 0.6) is 0 Å². The van der Waals surface area contributed by atoms with Crippen molar-refractivity contribution < 1.29 is 40.5 Å². The molecule has 0 radical (unpaired) electrons. The molecule has 8 nitrogen and oxygen atoms in total. The van der Waals surface area contributed by atoms with Crippen LogP contribution in [0, 0.1) is 5.92 Å². The average Bonchev–Trinajstić information content (AvgIpc) is 2.00. The van der Waals surface area contributed by atoms with Crippen LogP contribution in [-0.2, 0) is 4.79 Å². The maximum absolute atomic E-state index is 9.25. The molecule has 0 bridgehead atoms. The molecule has 0 aliphatic rings. The van der Waals surface area contributed by atoms with Crippen molar-refractivity contribution in [1.82, 2.24) is 0 Å². The first-order valence-electron chi connectivity index (χ1n) is 4.16. The Kier molecular flexibility index (Phi) is 7.09. The molecule has 0 aliphatic heterocycles. The molecular weight excluding hydrogens is 224 g/mol. The monoisotopic (exact) mass is 240 g/mol. The highest BCUT2D eigenvalue weighted by Gasteiger charge is 2.45. The van der Waals surface area contributed by atoms with Gasteiger partial charge in [0.25, 0.3) is 11.9 Å². The Balaban J connectivity index is 0. The van der Waals surface area contributed by atoms with Crippen molar-refractivity contribution in [1.29, 1.82) is 0 Å². The molecule has 0 saturated carbocycles. The first kappa shape index (κ1) is 17.4. The standard InChI is InChI=1S/C5H12O6.C3H4O2/c1-2-3(4(6,7)8)5(9,10)11;1-2-3(4)5/h3,6-11H,2H2,1H3;2H,1H2,(H,4,5). The third kappa shape index (κ3) is 8.29. The van der Waals surface area contributed by atoms with Gasteiger partial charge in [-0.25, -0.2) is 4.79 Å². The summed E-state index contributed by atoms with van der Waals surface area (Å²) in [5, 5.41) is 58.3. The number of carboxylic acid groups (broad SMARTS) is 1. The van der Waals surface area contributed by atoms with Gasteiger partial charge in [-0.1, -0.05) is 13.5 Å². The number of aliphatic hydroxyl groups is 6. The second-order valence-electron chi connectivity index (χ2n) is 2.88. The SMILES string of the molecule is C=CC(=O)O.CCC(C(O)(O)O)C(O)(O)O. The van der Waals surface area contributed by atoms with Gasteiger partial charge < -0.3 is 35.7 Å². The molecular formula is C8H16O8. The smallest absolute Gasteiger partial charge is 0.327 e. The zero-order chi connectivity index (χ0) is 13.6. The minimum absolute atomic E-state index is 0.215. The van der Waals surface area contributed by atoms with Crippen LogP contribution in [0.15, 0.2) is 12.7 Å². The van der Waals surface area contributed by atoms with E-state index in [0.29, 0.717) is 0 Å². The second-order valence-corrected chi connectivity index (χ2v) is 2.88. The summed E-state index contributed by atoms with van der Waals surface area (Å²) >= 11 is 0. The van der Waals surface area contributed by atoms with E-state index in [9.17, 15) is 4.79 Å². The summed E-state index contributed by atoms with van der Waals surface area (Å²) in [7, 11) is 0. The number of aliphatic carboxylic acids is 1. The zero-order valence-electron chi connectivity index (χ0n) is 8.61. The molecule has 0 atom stereocenters. The minimum atomic E-state index is -3.30. The number of hydrogen-bond acceptors (Lipinski definition) is 7. The Morgan fingerprint density at radius 3 is 1.44 bits per heavy atom. The van der Waals surface area contributed by atoms with Crippen molar-refractivity contribution >= 4 is 5.97 Å². The van der Waals surface area contributed by atoms with Crippen LogP contribution in [0.2, 0.25) is 0 Å². The van der Waals surface area contributed by atoms with Crippen molar-refractivity contribution in [2.75, 3.05) is 0 Å². The molecule has 16 heavy (non-hydrogen) atoms. The second kappa shape index (κ2) is 6.53. The lowest BCUT2D eigenvalue weighted by atomic mass is 10.0. The molecule has 0 amide bonds. The van der Waals surface area contributed by atoms with E-state index >= 15 is 0 Å². The van der Waals surface area contributed by atoms with E-state index < -0.39 is 23.8 Å². The molecule has 0 fully saturated rings. The fourth-order valence-corrected chi connectivity index (χ4v) is 0.808. The predicted molar refractivity (Wildman–Crippen MR) is 50.4 cm³/mol. The van der Waals surface area contributed by atoms with Gasteiger partial charge >= 0.3 is 5.97 Å². The first-order valence-corrected chi connectivity index (χ1v) is 4.16. The first-order chi connectivity index (χ1) is 6.96. The van der Waals surface area contributed by atoms with Crippen LogP contribution in [0.1, 0.15) is 13.3 Å². The molecule has 0 aromatic heterocycles. The fraction of sp³-hybridized carbons (Fsp3) is 0.625. The van der Waals surface area contributed by atoms with Crippen LogP contribution >= 0.6 is 0 Å². The highest BCUT2D eigenvalue weighted by Crippen LogP contribution is 2.24. The van der Waals surface area contributed by atoms with Gasteiger partial charge in [-0.3, -0.25) is 0 Å². The molecule has 0 aliphatic carbocycles. The number of hydrogen-bond donors (Lipinski definition) is 7. The van der Waals surface area contributed by atoms with E-state index in [4.69, 9.17) is 35.7 Å². The maximum atomic E-state index is 9.25. The summed E-state index contributed by atoms with van der Waals surface area (Å²) in [5.74, 6) is -9.43. The highest BCUT2D eigenvalue weighted by atomic mass is 16.7. The van der Waals surface area contributed by atoms with Crippen LogP contribution in [0.25, 0.3) is 0 Å². The Morgan fingerprint density at radius 2 is 1.44 bits per heavy atom. The summed E-state index contributed by atoms with van der Waals surface area (Å²) < 4.78 is 0. The van der Waals surface area contributed by atoms with Gasteiger partial charge in [0.2, 0.25) is 0 Å². The lowest BCUT2D eigenvalue weighted by Gasteiger charge is -2.30. The van der Waals surface area contributed by atoms with E-state index in [0.717, 1.165) is 6.08 Å². The average molecular weight is 240 g/mol. The van der Waals surface area contributed by atoms with Crippen LogP contribution in [0.4, 0.5) is 0 Å². The van der Waals surface area contributed by atoms with Gasteiger partial charge in [0.05, 0.1) is 0 Å². The van der Waals surface area contributed by atoms with E-state index in [-0.39, 0.29) is 6.42 Å². The number of carbonyl (C=O) groups is 1. The lowest BCUT2D eigenvalue weighted by molar-refractivity contribution is -0.439. The molecule has 0 heterocycles. The van der Waals surface area contributed by atoms with Gasteiger partial charge in [0.1, 0.15) is 5.92 Å². The fourth-order valence-electron chi connectivity index (χ4n) is 0.808. The maximum Gasteiger partial charge on any atom is 0.327 e. The topological polar surface area (TPSA) is 159 Å². The van der Waals surface area contributed by atoms with E-state index in [1.807, 2.05) is 0 Å². The lowest BCUT2D eigenvalue weighted by Crippen LogP contribution is -2.51. The Hall–Kier alpha value is -1.03. The van der Waals surface area contributed by atoms with E-state index in [1.54, 1.807) is 0 Å². The van der Waals surface area contributed by atoms with E-state index in [2.05, 4.69) is 6.58 Å². The Labute approximate surface area is 91.3 Å². The molecule has 96 valence electrons. The predicted octanol–water partition coefficient (Wildman–Crippen LogP) is -2.47. The van der Waals surface area contributed by atoms with Gasteiger partial charge in [-0.2, -0.15) is 0 Å². The van der Waals surface area contributed by atoms with Gasteiger partial charge in [-0.05, 0) is 6.42 Å².